The molecule has 0 aromatic heterocycles. The highest BCUT2D eigenvalue weighted by molar-refractivity contribution is 5.85. The second-order valence-electron chi connectivity index (χ2n) is 5.94. The molecule has 1 atom stereocenters. The normalized spacial score (nSPS) is 21.7. The molecule has 5 nitrogen and oxygen atoms in total. The third-order valence-corrected chi connectivity index (χ3v) is 4.31. The molecule has 2 fully saturated rings. The maximum Gasteiger partial charge on any atom is 0.224 e. The average molecular weight is 318 g/mol. The fraction of sp³-hybridized carbons (Fsp3) is 0.867. The highest BCUT2D eigenvalue weighted by atomic mass is 35.5. The smallest absolute Gasteiger partial charge is 0.224 e. The van der Waals surface area contributed by atoms with Crippen molar-refractivity contribution < 1.29 is 9.59 Å². The van der Waals surface area contributed by atoms with Crippen LogP contribution in [0, 0.1) is 5.92 Å². The zero-order valence-electron chi connectivity index (χ0n) is 12.7. The molecule has 0 bridgehead atoms. The number of hydrogen-bond donors (Lipinski definition) is 2. The van der Waals surface area contributed by atoms with Gasteiger partial charge in [0.2, 0.25) is 11.8 Å². The summed E-state index contributed by atoms with van der Waals surface area (Å²) in [5, 5.41) is 6.18. The molecule has 0 aliphatic carbocycles. The Labute approximate surface area is 133 Å². The molecular weight excluding hydrogens is 290 g/mol. The summed E-state index contributed by atoms with van der Waals surface area (Å²) in [5.41, 5.74) is 0. The van der Waals surface area contributed by atoms with Gasteiger partial charge in [-0.15, -0.1) is 12.4 Å². The van der Waals surface area contributed by atoms with Crippen LogP contribution in [0.5, 0.6) is 0 Å². The number of carbonyl (C=O) groups is 2. The Morgan fingerprint density at radius 3 is 2.57 bits per heavy atom. The van der Waals surface area contributed by atoms with Crippen molar-refractivity contribution >= 4 is 24.2 Å². The zero-order chi connectivity index (χ0) is 14.2. The van der Waals surface area contributed by atoms with Crippen LogP contribution < -0.4 is 10.6 Å². The molecule has 2 amide bonds. The van der Waals surface area contributed by atoms with Gasteiger partial charge in [-0.2, -0.15) is 0 Å². The fourth-order valence-electron chi connectivity index (χ4n) is 2.99. The number of nitrogens with one attached hydrogen (secondary N) is 2. The quantitative estimate of drug-likeness (QED) is 0.776. The Hall–Kier alpha value is -0.810. The van der Waals surface area contributed by atoms with Crippen molar-refractivity contribution in [1.82, 2.24) is 15.5 Å². The third-order valence-electron chi connectivity index (χ3n) is 4.31. The molecule has 122 valence electrons. The van der Waals surface area contributed by atoms with Crippen molar-refractivity contribution in [3.05, 3.63) is 0 Å². The number of hydrogen-bond acceptors (Lipinski definition) is 3. The van der Waals surface area contributed by atoms with Crippen LogP contribution in [-0.4, -0.2) is 49.4 Å². The Morgan fingerprint density at radius 1 is 1.14 bits per heavy atom. The molecule has 0 spiro atoms. The van der Waals surface area contributed by atoms with Crippen LogP contribution in [0.3, 0.4) is 0 Å². The summed E-state index contributed by atoms with van der Waals surface area (Å²) in [4.78, 5) is 25.5. The molecule has 6 heteroatoms. The van der Waals surface area contributed by atoms with Gasteiger partial charge in [0.05, 0.1) is 0 Å². The minimum atomic E-state index is 0. The molecule has 0 saturated carbocycles. The van der Waals surface area contributed by atoms with E-state index in [1.807, 2.05) is 4.90 Å². The SMILES string of the molecule is Cl.O=C(CCC1CCNC1)NCCC(=O)N1CCCCC1. The number of likely N-dealkylation sites (tertiary alicyclic amines) is 1. The molecule has 2 rings (SSSR count). The minimum absolute atomic E-state index is 0. The van der Waals surface area contributed by atoms with E-state index in [1.165, 1.54) is 12.8 Å². The third kappa shape index (κ3) is 6.66. The second kappa shape index (κ2) is 10.0. The Kier molecular flexibility index (Phi) is 8.69. The van der Waals surface area contributed by atoms with Crippen molar-refractivity contribution in [2.75, 3.05) is 32.7 Å². The molecule has 2 aliphatic heterocycles. The predicted octanol–water partition coefficient (Wildman–Crippen LogP) is 1.32. The summed E-state index contributed by atoms with van der Waals surface area (Å²) in [6.45, 7) is 4.39. The van der Waals surface area contributed by atoms with Crippen LogP contribution in [0.2, 0.25) is 0 Å². The monoisotopic (exact) mass is 317 g/mol. The van der Waals surface area contributed by atoms with Crippen LogP contribution in [0.1, 0.15) is 44.9 Å². The van der Waals surface area contributed by atoms with E-state index in [-0.39, 0.29) is 24.2 Å². The van der Waals surface area contributed by atoms with Gasteiger partial charge in [-0.25, -0.2) is 0 Å². The number of rotatable bonds is 6. The van der Waals surface area contributed by atoms with Crippen molar-refractivity contribution in [2.24, 2.45) is 5.92 Å². The molecule has 2 N–H and O–H groups in total. The number of carbonyl (C=O) groups excluding carboxylic acids is 2. The lowest BCUT2D eigenvalue weighted by Crippen LogP contribution is -2.37. The molecule has 2 saturated heterocycles. The summed E-state index contributed by atoms with van der Waals surface area (Å²) in [6.07, 6.45) is 6.64. The van der Waals surface area contributed by atoms with Crippen molar-refractivity contribution in [1.29, 1.82) is 0 Å². The van der Waals surface area contributed by atoms with Gasteiger partial charge in [0, 0.05) is 32.5 Å². The van der Waals surface area contributed by atoms with E-state index >= 15 is 0 Å². The molecule has 0 radical (unpaired) electrons. The highest BCUT2D eigenvalue weighted by Crippen LogP contribution is 2.14. The van der Waals surface area contributed by atoms with Gasteiger partial charge in [0.25, 0.3) is 0 Å². The zero-order valence-corrected chi connectivity index (χ0v) is 13.6. The largest absolute Gasteiger partial charge is 0.356 e. The number of halogens is 1. The van der Waals surface area contributed by atoms with Gasteiger partial charge in [-0.05, 0) is 51.1 Å². The Balaban J connectivity index is 0.00000220. The number of nitrogens with zero attached hydrogens (tertiary/aromatic N) is 1. The van der Waals surface area contributed by atoms with Gasteiger partial charge >= 0.3 is 0 Å². The van der Waals surface area contributed by atoms with Crippen molar-refractivity contribution in [2.45, 2.75) is 44.9 Å². The summed E-state index contributed by atoms with van der Waals surface area (Å²) in [6, 6.07) is 0. The Bertz CT molecular complexity index is 327. The van der Waals surface area contributed by atoms with E-state index in [4.69, 9.17) is 0 Å². The van der Waals surface area contributed by atoms with E-state index in [2.05, 4.69) is 10.6 Å². The molecule has 0 aromatic carbocycles. The lowest BCUT2D eigenvalue weighted by atomic mass is 10.0. The van der Waals surface area contributed by atoms with Gasteiger partial charge in [0.1, 0.15) is 0 Å². The molecule has 0 aromatic rings. The molecule has 21 heavy (non-hydrogen) atoms. The van der Waals surface area contributed by atoms with Crippen molar-refractivity contribution in [3.63, 3.8) is 0 Å². The lowest BCUT2D eigenvalue weighted by Gasteiger charge is -2.26. The van der Waals surface area contributed by atoms with Crippen LogP contribution >= 0.6 is 12.4 Å². The minimum Gasteiger partial charge on any atom is -0.356 e. The number of piperidine rings is 1. The first-order valence-electron chi connectivity index (χ1n) is 8.01. The van der Waals surface area contributed by atoms with E-state index in [9.17, 15) is 9.59 Å². The second-order valence-corrected chi connectivity index (χ2v) is 5.94. The summed E-state index contributed by atoms with van der Waals surface area (Å²) in [7, 11) is 0. The summed E-state index contributed by atoms with van der Waals surface area (Å²) in [5.74, 6) is 0.920. The molecule has 1 unspecified atom stereocenters. The Morgan fingerprint density at radius 2 is 1.90 bits per heavy atom. The van der Waals surface area contributed by atoms with E-state index in [0.717, 1.165) is 45.4 Å². The molecule has 2 heterocycles. The fourth-order valence-corrected chi connectivity index (χ4v) is 2.99. The van der Waals surface area contributed by atoms with Crippen LogP contribution in [0.4, 0.5) is 0 Å². The maximum absolute atomic E-state index is 11.9. The first kappa shape index (κ1) is 18.2. The molecular formula is C15H28ClN3O2. The summed E-state index contributed by atoms with van der Waals surface area (Å²) >= 11 is 0. The first-order valence-corrected chi connectivity index (χ1v) is 8.01. The van der Waals surface area contributed by atoms with Gasteiger partial charge < -0.3 is 15.5 Å². The number of amides is 2. The van der Waals surface area contributed by atoms with Gasteiger partial charge in [-0.1, -0.05) is 0 Å². The first-order chi connectivity index (χ1) is 9.75. The lowest BCUT2D eigenvalue weighted by molar-refractivity contribution is -0.132. The summed E-state index contributed by atoms with van der Waals surface area (Å²) < 4.78 is 0. The van der Waals surface area contributed by atoms with Crippen LogP contribution in [0.25, 0.3) is 0 Å². The van der Waals surface area contributed by atoms with Crippen LogP contribution in [0.15, 0.2) is 0 Å². The average Bonchev–Trinajstić information content (AvgIpc) is 2.99. The van der Waals surface area contributed by atoms with E-state index in [1.54, 1.807) is 0 Å². The maximum atomic E-state index is 11.9. The molecule has 2 aliphatic rings. The van der Waals surface area contributed by atoms with E-state index < -0.39 is 0 Å². The predicted molar refractivity (Wildman–Crippen MR) is 85.5 cm³/mol. The highest BCUT2D eigenvalue weighted by Gasteiger charge is 2.17. The van der Waals surface area contributed by atoms with Gasteiger partial charge in [0.15, 0.2) is 0 Å². The van der Waals surface area contributed by atoms with Crippen LogP contribution in [-0.2, 0) is 9.59 Å². The van der Waals surface area contributed by atoms with Crippen molar-refractivity contribution in [3.8, 4) is 0 Å². The van der Waals surface area contributed by atoms with Gasteiger partial charge in [-0.3, -0.25) is 9.59 Å². The topological polar surface area (TPSA) is 61.4 Å². The standard InChI is InChI=1S/C15H27N3O2.ClH/c19-14(5-4-13-6-8-16-12-13)17-9-7-15(20)18-10-2-1-3-11-18;/h13,16H,1-12H2,(H,17,19);1H. The van der Waals surface area contributed by atoms with E-state index in [0.29, 0.717) is 25.3 Å².